The average molecular weight is 576 g/mol. The first-order valence-corrected chi connectivity index (χ1v) is 14.7. The fourth-order valence-electron chi connectivity index (χ4n) is 6.51. The van der Waals surface area contributed by atoms with Gasteiger partial charge in [0.1, 0.15) is 17.3 Å². The summed E-state index contributed by atoms with van der Waals surface area (Å²) in [5.74, 6) is -2.26. The van der Waals surface area contributed by atoms with Crippen LogP contribution < -0.4 is 10.5 Å². The standard InChI is InChI=1S/C32H35F2N5O3/c1-19-10-14-37(15-11-19)22-12-16-38(17-13-22)32-35-28(24-18-21(31(41)42)7-6-20(24)2)23-8-9-27(40)39(30(23)36-32)29-25(33)4-3-5-26(29)34/h3-9,18-20,22,24H,10-17H2,1-2H3,(H,41,42). The number of nitrogens with zero attached hydrogens (tertiary/aromatic N) is 5. The van der Waals surface area contributed by atoms with Gasteiger partial charge in [-0.1, -0.05) is 38.1 Å². The number of aromatic nitrogens is 3. The lowest BCUT2D eigenvalue weighted by Gasteiger charge is -2.41. The van der Waals surface area contributed by atoms with Crippen LogP contribution in [0, 0.1) is 23.5 Å². The molecule has 4 heterocycles. The Morgan fingerprint density at radius 1 is 0.952 bits per heavy atom. The molecule has 3 aliphatic rings. The summed E-state index contributed by atoms with van der Waals surface area (Å²) >= 11 is 0. The molecule has 0 bridgehead atoms. The Bertz CT molecular complexity index is 1610. The highest BCUT2D eigenvalue weighted by Gasteiger charge is 2.31. The molecule has 1 aliphatic carbocycles. The maximum absolute atomic E-state index is 15.1. The summed E-state index contributed by atoms with van der Waals surface area (Å²) in [7, 11) is 0. The van der Waals surface area contributed by atoms with Gasteiger partial charge in [0, 0.05) is 36.5 Å². The highest BCUT2D eigenvalue weighted by Crippen LogP contribution is 2.36. The van der Waals surface area contributed by atoms with Crippen LogP contribution in [-0.4, -0.2) is 62.7 Å². The Hall–Kier alpha value is -3.92. The molecule has 2 unspecified atom stereocenters. The van der Waals surface area contributed by atoms with Crippen molar-refractivity contribution >= 4 is 23.0 Å². The molecule has 2 aliphatic heterocycles. The molecule has 3 aromatic rings. The third kappa shape index (κ3) is 5.24. The van der Waals surface area contributed by atoms with Crippen LogP contribution in [-0.2, 0) is 4.79 Å². The van der Waals surface area contributed by atoms with E-state index in [9.17, 15) is 14.7 Å². The zero-order chi connectivity index (χ0) is 29.5. The smallest absolute Gasteiger partial charge is 0.335 e. The molecule has 0 spiro atoms. The summed E-state index contributed by atoms with van der Waals surface area (Å²) < 4.78 is 31.1. The number of hydrogen-bond acceptors (Lipinski definition) is 6. The number of likely N-dealkylation sites (tertiary alicyclic amines) is 1. The van der Waals surface area contributed by atoms with Crippen molar-refractivity contribution in [2.45, 2.75) is 51.5 Å². The first kappa shape index (κ1) is 28.2. The zero-order valence-corrected chi connectivity index (χ0v) is 23.8. The van der Waals surface area contributed by atoms with E-state index in [0.717, 1.165) is 48.5 Å². The van der Waals surface area contributed by atoms with E-state index in [0.29, 0.717) is 36.2 Å². The number of benzene rings is 1. The Labute approximate surface area is 243 Å². The number of aliphatic carboxylic acids is 1. The quantitative estimate of drug-likeness (QED) is 0.455. The van der Waals surface area contributed by atoms with Gasteiger partial charge >= 0.3 is 5.97 Å². The molecule has 1 N–H and O–H groups in total. The summed E-state index contributed by atoms with van der Waals surface area (Å²) in [4.78, 5) is 39.5. The van der Waals surface area contributed by atoms with Crippen LogP contribution in [0.25, 0.3) is 16.7 Å². The molecule has 10 heteroatoms. The fraction of sp³-hybridized carbons (Fsp3) is 0.438. The van der Waals surface area contributed by atoms with Crippen molar-refractivity contribution in [1.29, 1.82) is 0 Å². The second kappa shape index (κ2) is 11.4. The van der Waals surface area contributed by atoms with Gasteiger partial charge in [-0.05, 0) is 68.8 Å². The van der Waals surface area contributed by atoms with Crippen LogP contribution in [0.2, 0.25) is 0 Å². The SMILES string of the molecule is CC1CCN(C2CCN(c3nc(C4C=C(C(=O)O)C=CC4C)c4ccc(=O)n(-c5c(F)cccc5F)c4n3)CC2)CC1. The third-order valence-electron chi connectivity index (χ3n) is 9.08. The Kier molecular flexibility index (Phi) is 7.66. The van der Waals surface area contributed by atoms with Gasteiger partial charge in [-0.2, -0.15) is 4.98 Å². The summed E-state index contributed by atoms with van der Waals surface area (Å²) in [5, 5.41) is 10.1. The molecule has 0 amide bonds. The molecular weight excluding hydrogens is 540 g/mol. The minimum atomic E-state index is -1.05. The van der Waals surface area contributed by atoms with E-state index in [1.165, 1.54) is 25.0 Å². The van der Waals surface area contributed by atoms with Crippen LogP contribution in [0.15, 0.2) is 58.9 Å². The molecule has 42 heavy (non-hydrogen) atoms. The van der Waals surface area contributed by atoms with E-state index in [4.69, 9.17) is 9.97 Å². The molecule has 2 atom stereocenters. The zero-order valence-electron chi connectivity index (χ0n) is 23.8. The van der Waals surface area contributed by atoms with Crippen molar-refractivity contribution < 1.29 is 18.7 Å². The van der Waals surface area contributed by atoms with Crippen molar-refractivity contribution in [2.24, 2.45) is 11.8 Å². The summed E-state index contributed by atoms with van der Waals surface area (Å²) in [6.45, 7) is 7.87. The van der Waals surface area contributed by atoms with E-state index >= 15 is 8.78 Å². The van der Waals surface area contributed by atoms with Gasteiger partial charge < -0.3 is 14.9 Å². The van der Waals surface area contributed by atoms with Gasteiger partial charge in [-0.3, -0.25) is 9.36 Å². The number of anilines is 1. The van der Waals surface area contributed by atoms with Crippen LogP contribution in [0.5, 0.6) is 0 Å². The number of allylic oxidation sites excluding steroid dienone is 2. The maximum atomic E-state index is 15.1. The molecule has 1 aromatic carbocycles. The van der Waals surface area contributed by atoms with Crippen molar-refractivity contribution in [3.05, 3.63) is 81.8 Å². The molecule has 0 saturated carbocycles. The Balaban J connectivity index is 1.47. The lowest BCUT2D eigenvalue weighted by Crippen LogP contribution is -2.48. The number of hydrogen-bond donors (Lipinski definition) is 1. The number of para-hydroxylation sites is 1. The van der Waals surface area contributed by atoms with E-state index in [-0.39, 0.29) is 17.1 Å². The second-order valence-electron chi connectivity index (χ2n) is 11.8. The predicted molar refractivity (Wildman–Crippen MR) is 157 cm³/mol. The molecule has 0 radical (unpaired) electrons. The van der Waals surface area contributed by atoms with Crippen molar-refractivity contribution in [3.63, 3.8) is 0 Å². The van der Waals surface area contributed by atoms with Crippen molar-refractivity contribution in [3.8, 4) is 5.69 Å². The van der Waals surface area contributed by atoms with Gasteiger partial charge in [0.15, 0.2) is 5.65 Å². The number of carboxylic acids is 1. The normalized spacial score (nSPS) is 22.5. The predicted octanol–water partition coefficient (Wildman–Crippen LogP) is 5.06. The molecule has 2 fully saturated rings. The molecule has 2 saturated heterocycles. The molecule has 2 aromatic heterocycles. The lowest BCUT2D eigenvalue weighted by molar-refractivity contribution is -0.132. The number of piperidine rings is 2. The van der Waals surface area contributed by atoms with E-state index in [1.807, 2.05) is 13.0 Å². The van der Waals surface area contributed by atoms with E-state index in [1.54, 1.807) is 18.2 Å². The van der Waals surface area contributed by atoms with Crippen LogP contribution in [0.4, 0.5) is 14.7 Å². The third-order valence-corrected chi connectivity index (χ3v) is 9.08. The minimum absolute atomic E-state index is 0.0886. The number of carboxylic acid groups (broad SMARTS) is 1. The summed E-state index contributed by atoms with van der Waals surface area (Å²) in [6.07, 6.45) is 9.33. The molecule has 8 nitrogen and oxygen atoms in total. The van der Waals surface area contributed by atoms with E-state index < -0.39 is 34.8 Å². The Morgan fingerprint density at radius 3 is 2.31 bits per heavy atom. The average Bonchev–Trinajstić information content (AvgIpc) is 2.98. The second-order valence-corrected chi connectivity index (χ2v) is 11.8. The largest absolute Gasteiger partial charge is 0.478 e. The van der Waals surface area contributed by atoms with Crippen molar-refractivity contribution in [2.75, 3.05) is 31.1 Å². The highest BCUT2D eigenvalue weighted by atomic mass is 19.1. The molecule has 220 valence electrons. The van der Waals surface area contributed by atoms with Crippen molar-refractivity contribution in [1.82, 2.24) is 19.4 Å². The van der Waals surface area contributed by atoms with Gasteiger partial charge in [0.2, 0.25) is 5.95 Å². The van der Waals surface area contributed by atoms with Gasteiger partial charge in [0.25, 0.3) is 5.56 Å². The van der Waals surface area contributed by atoms with Crippen LogP contribution in [0.1, 0.15) is 51.1 Å². The first-order chi connectivity index (χ1) is 20.2. The highest BCUT2D eigenvalue weighted by molar-refractivity contribution is 5.91. The first-order valence-electron chi connectivity index (χ1n) is 14.7. The number of fused-ring (bicyclic) bond motifs is 1. The van der Waals surface area contributed by atoms with E-state index in [2.05, 4.69) is 16.7 Å². The van der Waals surface area contributed by atoms with Gasteiger partial charge in [-0.25, -0.2) is 18.6 Å². The fourth-order valence-corrected chi connectivity index (χ4v) is 6.51. The Morgan fingerprint density at radius 2 is 1.64 bits per heavy atom. The lowest BCUT2D eigenvalue weighted by atomic mass is 9.83. The summed E-state index contributed by atoms with van der Waals surface area (Å²) in [5.41, 5.74) is -0.385. The number of carbonyl (C=O) groups is 1. The van der Waals surface area contributed by atoms with Crippen LogP contribution in [0.3, 0.4) is 0 Å². The molecular formula is C32H35F2N5O3. The number of halogens is 2. The number of pyridine rings is 1. The monoisotopic (exact) mass is 575 g/mol. The molecule has 6 rings (SSSR count). The minimum Gasteiger partial charge on any atom is -0.478 e. The van der Waals surface area contributed by atoms with Gasteiger partial charge in [0.05, 0.1) is 11.3 Å². The van der Waals surface area contributed by atoms with Gasteiger partial charge in [-0.15, -0.1) is 0 Å². The summed E-state index contributed by atoms with van der Waals surface area (Å²) in [6, 6.07) is 6.75. The topological polar surface area (TPSA) is 91.6 Å². The van der Waals surface area contributed by atoms with Crippen LogP contribution >= 0.6 is 0 Å². The maximum Gasteiger partial charge on any atom is 0.335 e. The number of rotatable bonds is 5.